The minimum Gasteiger partial charge on any atom is -0.342 e. The van der Waals surface area contributed by atoms with Crippen LogP contribution < -0.4 is 5.32 Å². The number of aryl methyl sites for hydroxylation is 1. The predicted molar refractivity (Wildman–Crippen MR) is 95.8 cm³/mol. The standard InChI is InChI=1S/C19H16N4O/c1-12(24)20-19-16(13-8-4-3-5-9-13)18-17(21-22-19)14-10-6-7-11-15(14)23(18)2/h3-11H,1-2H3,(H,20,22,24). The Hall–Kier alpha value is -3.21. The largest absolute Gasteiger partial charge is 0.342 e. The van der Waals surface area contributed by atoms with E-state index in [2.05, 4.69) is 26.1 Å². The first-order chi connectivity index (χ1) is 11.7. The molecule has 0 saturated heterocycles. The highest BCUT2D eigenvalue weighted by Crippen LogP contribution is 2.37. The number of nitrogens with zero attached hydrogens (tertiary/aromatic N) is 3. The van der Waals surface area contributed by atoms with Crippen LogP contribution in [0.3, 0.4) is 0 Å². The normalized spacial score (nSPS) is 11.1. The van der Waals surface area contributed by atoms with Gasteiger partial charge in [0.2, 0.25) is 5.91 Å². The third-order valence-corrected chi connectivity index (χ3v) is 4.16. The van der Waals surface area contributed by atoms with Crippen LogP contribution in [0.5, 0.6) is 0 Å². The van der Waals surface area contributed by atoms with E-state index in [1.54, 1.807) is 0 Å². The molecular weight excluding hydrogens is 300 g/mol. The summed E-state index contributed by atoms with van der Waals surface area (Å²) in [6.45, 7) is 1.47. The number of carbonyl (C=O) groups is 1. The molecule has 0 aliphatic rings. The van der Waals surface area contributed by atoms with E-state index in [1.165, 1.54) is 6.92 Å². The highest BCUT2D eigenvalue weighted by Gasteiger charge is 2.19. The molecule has 0 saturated carbocycles. The number of fused-ring (bicyclic) bond motifs is 3. The van der Waals surface area contributed by atoms with E-state index in [0.717, 1.165) is 33.1 Å². The molecule has 1 amide bonds. The van der Waals surface area contributed by atoms with Crippen molar-refractivity contribution in [2.24, 2.45) is 7.05 Å². The summed E-state index contributed by atoms with van der Waals surface area (Å²) in [6, 6.07) is 18.0. The molecule has 0 atom stereocenters. The van der Waals surface area contributed by atoms with Crippen molar-refractivity contribution < 1.29 is 4.79 Å². The number of carbonyl (C=O) groups excluding carboxylic acids is 1. The molecule has 0 fully saturated rings. The van der Waals surface area contributed by atoms with E-state index in [0.29, 0.717) is 5.82 Å². The van der Waals surface area contributed by atoms with Crippen molar-refractivity contribution in [1.29, 1.82) is 0 Å². The fourth-order valence-electron chi connectivity index (χ4n) is 3.16. The molecule has 118 valence electrons. The second kappa shape index (κ2) is 5.45. The van der Waals surface area contributed by atoms with E-state index >= 15 is 0 Å². The second-order valence-electron chi connectivity index (χ2n) is 5.74. The van der Waals surface area contributed by atoms with Crippen LogP contribution in [0.2, 0.25) is 0 Å². The molecule has 0 bridgehead atoms. The molecule has 4 aromatic rings. The van der Waals surface area contributed by atoms with Crippen molar-refractivity contribution >= 4 is 33.7 Å². The molecule has 0 aliphatic carbocycles. The van der Waals surface area contributed by atoms with E-state index in [-0.39, 0.29) is 5.91 Å². The van der Waals surface area contributed by atoms with Crippen LogP contribution in [0.25, 0.3) is 33.1 Å². The third kappa shape index (κ3) is 2.13. The summed E-state index contributed by atoms with van der Waals surface area (Å²) >= 11 is 0. The number of anilines is 1. The fourth-order valence-corrected chi connectivity index (χ4v) is 3.16. The zero-order valence-corrected chi connectivity index (χ0v) is 13.4. The Bertz CT molecular complexity index is 1070. The maximum Gasteiger partial charge on any atom is 0.222 e. The van der Waals surface area contributed by atoms with Crippen molar-refractivity contribution in [2.45, 2.75) is 6.92 Å². The van der Waals surface area contributed by atoms with Crippen molar-refractivity contribution in [2.75, 3.05) is 5.32 Å². The van der Waals surface area contributed by atoms with Crippen LogP contribution in [0.1, 0.15) is 6.92 Å². The van der Waals surface area contributed by atoms with Crippen LogP contribution in [0.4, 0.5) is 5.82 Å². The van der Waals surface area contributed by atoms with Gasteiger partial charge in [0.25, 0.3) is 0 Å². The SMILES string of the molecule is CC(=O)Nc1nnc2c3ccccc3n(C)c2c1-c1ccccc1. The van der Waals surface area contributed by atoms with Crippen molar-refractivity contribution in [3.05, 3.63) is 54.6 Å². The zero-order chi connectivity index (χ0) is 16.7. The summed E-state index contributed by atoms with van der Waals surface area (Å²) in [5.74, 6) is 0.312. The summed E-state index contributed by atoms with van der Waals surface area (Å²) in [5.41, 5.74) is 4.75. The van der Waals surface area contributed by atoms with Crippen molar-refractivity contribution in [3.8, 4) is 11.1 Å². The van der Waals surface area contributed by atoms with Gasteiger partial charge in [-0.2, -0.15) is 0 Å². The van der Waals surface area contributed by atoms with Crippen LogP contribution in [-0.4, -0.2) is 20.7 Å². The first-order valence-corrected chi connectivity index (χ1v) is 7.73. The lowest BCUT2D eigenvalue weighted by molar-refractivity contribution is -0.114. The minimum atomic E-state index is -0.167. The van der Waals surface area contributed by atoms with Gasteiger partial charge < -0.3 is 9.88 Å². The van der Waals surface area contributed by atoms with Gasteiger partial charge in [0.1, 0.15) is 5.52 Å². The Kier molecular flexibility index (Phi) is 3.27. The van der Waals surface area contributed by atoms with Gasteiger partial charge >= 0.3 is 0 Å². The average Bonchev–Trinajstić information content (AvgIpc) is 2.88. The lowest BCUT2D eigenvalue weighted by atomic mass is 10.1. The van der Waals surface area contributed by atoms with Gasteiger partial charge in [0.15, 0.2) is 5.82 Å². The summed E-state index contributed by atoms with van der Waals surface area (Å²) in [5, 5.41) is 12.5. The van der Waals surface area contributed by atoms with Crippen molar-refractivity contribution in [1.82, 2.24) is 14.8 Å². The topological polar surface area (TPSA) is 59.8 Å². The number of hydrogen-bond donors (Lipinski definition) is 1. The van der Waals surface area contributed by atoms with Gasteiger partial charge in [0.05, 0.1) is 16.6 Å². The second-order valence-corrected chi connectivity index (χ2v) is 5.74. The number of amides is 1. The molecule has 2 aromatic heterocycles. The van der Waals surface area contributed by atoms with Gasteiger partial charge in [-0.1, -0.05) is 48.5 Å². The summed E-state index contributed by atoms with van der Waals surface area (Å²) in [4.78, 5) is 11.6. The molecule has 24 heavy (non-hydrogen) atoms. The maximum absolute atomic E-state index is 11.6. The Morgan fingerprint density at radius 3 is 2.46 bits per heavy atom. The summed E-state index contributed by atoms with van der Waals surface area (Å²) in [6.07, 6.45) is 0. The van der Waals surface area contributed by atoms with Gasteiger partial charge in [-0.25, -0.2) is 0 Å². The van der Waals surface area contributed by atoms with E-state index in [1.807, 2.05) is 55.6 Å². The van der Waals surface area contributed by atoms with Gasteiger partial charge in [-0.3, -0.25) is 4.79 Å². The molecule has 2 aromatic carbocycles. The van der Waals surface area contributed by atoms with Crippen LogP contribution in [0.15, 0.2) is 54.6 Å². The molecule has 5 heteroatoms. The highest BCUT2D eigenvalue weighted by atomic mass is 16.1. The first kappa shape index (κ1) is 14.4. The molecule has 4 rings (SSSR count). The van der Waals surface area contributed by atoms with Crippen LogP contribution in [-0.2, 0) is 11.8 Å². The molecule has 2 heterocycles. The summed E-state index contributed by atoms with van der Waals surface area (Å²) in [7, 11) is 2.01. The lowest BCUT2D eigenvalue weighted by Gasteiger charge is -2.11. The monoisotopic (exact) mass is 316 g/mol. The summed E-state index contributed by atoms with van der Waals surface area (Å²) < 4.78 is 2.10. The highest BCUT2D eigenvalue weighted by molar-refractivity contribution is 6.13. The van der Waals surface area contributed by atoms with E-state index < -0.39 is 0 Å². The number of para-hydroxylation sites is 1. The van der Waals surface area contributed by atoms with Crippen LogP contribution in [0, 0.1) is 0 Å². The Balaban J connectivity index is 2.17. The maximum atomic E-state index is 11.6. The smallest absolute Gasteiger partial charge is 0.222 e. The van der Waals surface area contributed by atoms with Gasteiger partial charge in [-0.15, -0.1) is 10.2 Å². The molecule has 0 radical (unpaired) electrons. The lowest BCUT2D eigenvalue weighted by Crippen LogP contribution is -2.10. The quantitative estimate of drug-likeness (QED) is 0.613. The van der Waals surface area contributed by atoms with Crippen molar-refractivity contribution in [3.63, 3.8) is 0 Å². The number of aromatic nitrogens is 3. The van der Waals surface area contributed by atoms with Gasteiger partial charge in [0, 0.05) is 19.4 Å². The fraction of sp³-hybridized carbons (Fsp3) is 0.105. The minimum absolute atomic E-state index is 0.167. The number of benzene rings is 2. The average molecular weight is 316 g/mol. The third-order valence-electron chi connectivity index (χ3n) is 4.16. The molecule has 0 aliphatic heterocycles. The van der Waals surface area contributed by atoms with Gasteiger partial charge in [-0.05, 0) is 11.6 Å². The number of nitrogens with one attached hydrogen (secondary N) is 1. The number of rotatable bonds is 2. The Labute approximate surface area is 138 Å². The van der Waals surface area contributed by atoms with E-state index in [4.69, 9.17) is 0 Å². The molecule has 5 nitrogen and oxygen atoms in total. The Morgan fingerprint density at radius 1 is 1.00 bits per heavy atom. The van der Waals surface area contributed by atoms with E-state index in [9.17, 15) is 4.79 Å². The number of hydrogen-bond acceptors (Lipinski definition) is 3. The molecular formula is C19H16N4O. The molecule has 1 N–H and O–H groups in total. The van der Waals surface area contributed by atoms with Crippen LogP contribution >= 0.6 is 0 Å². The first-order valence-electron chi connectivity index (χ1n) is 7.73. The molecule has 0 unspecified atom stereocenters. The zero-order valence-electron chi connectivity index (χ0n) is 13.4. The molecule has 0 spiro atoms. The predicted octanol–water partition coefficient (Wildman–Crippen LogP) is 3.75. The Morgan fingerprint density at radius 2 is 1.71 bits per heavy atom.